The predicted octanol–water partition coefficient (Wildman–Crippen LogP) is 0.212. The summed E-state index contributed by atoms with van der Waals surface area (Å²) in [5.41, 5.74) is -0.219. The molecule has 0 spiro atoms. The number of sulfone groups is 2. The van der Waals surface area contributed by atoms with E-state index in [1.165, 1.54) is 19.2 Å². The minimum absolute atomic E-state index is 0.0245. The lowest BCUT2D eigenvalue weighted by molar-refractivity contribution is 0.0696. The summed E-state index contributed by atoms with van der Waals surface area (Å²) in [7, 11) is -6.17. The normalized spacial score (nSPS) is 12.1. The Balaban J connectivity index is 3.28. The van der Waals surface area contributed by atoms with Crippen molar-refractivity contribution in [3.8, 4) is 5.75 Å². The molecule has 0 amide bonds. The maximum atomic E-state index is 12.1. The number of carboxylic acids is 1. The number of aromatic carboxylic acids is 1. The number of hydrogen-bond acceptors (Lipinski definition) is 6. The van der Waals surface area contributed by atoms with Crippen molar-refractivity contribution in [1.82, 2.24) is 0 Å². The average Bonchev–Trinajstić information content (AvgIpc) is 2.35. The molecule has 0 saturated heterocycles. The van der Waals surface area contributed by atoms with Crippen LogP contribution in [0.4, 0.5) is 0 Å². The summed E-state index contributed by atoms with van der Waals surface area (Å²) in [6.45, 7) is 0. The van der Waals surface area contributed by atoms with Crippen LogP contribution in [0, 0.1) is 0 Å². The number of ether oxygens (including phenoxy) is 1. The fourth-order valence-electron chi connectivity index (χ4n) is 1.42. The van der Waals surface area contributed by atoms with E-state index in [9.17, 15) is 21.6 Å². The minimum Gasteiger partial charge on any atom is -0.495 e. The van der Waals surface area contributed by atoms with Crippen molar-refractivity contribution in [2.45, 2.75) is 4.90 Å². The lowest BCUT2D eigenvalue weighted by atomic mass is 10.2. The Hall–Kier alpha value is -1.61. The smallest absolute Gasteiger partial charge is 0.335 e. The second-order valence-corrected chi connectivity index (χ2v) is 8.46. The molecule has 0 bridgehead atoms. The number of benzene rings is 1. The van der Waals surface area contributed by atoms with E-state index in [0.29, 0.717) is 0 Å². The number of rotatable bonds is 6. The van der Waals surface area contributed by atoms with Gasteiger partial charge in [0.2, 0.25) is 0 Å². The van der Waals surface area contributed by atoms with Crippen LogP contribution < -0.4 is 4.74 Å². The van der Waals surface area contributed by atoms with E-state index in [-0.39, 0.29) is 16.2 Å². The highest BCUT2D eigenvalue weighted by molar-refractivity contribution is 7.94. The summed E-state index contributed by atoms with van der Waals surface area (Å²) >= 11 is 0. The van der Waals surface area contributed by atoms with Gasteiger partial charge >= 0.3 is 5.97 Å². The maximum absolute atomic E-state index is 12.1. The second-order valence-electron chi connectivity index (χ2n) is 4.12. The first kappa shape index (κ1) is 16.4. The van der Waals surface area contributed by atoms with Crippen LogP contribution in [0.2, 0.25) is 0 Å². The third-order valence-corrected chi connectivity index (χ3v) is 5.40. The van der Waals surface area contributed by atoms with Crippen molar-refractivity contribution in [3.63, 3.8) is 0 Å². The average molecular weight is 322 g/mol. The van der Waals surface area contributed by atoms with Gasteiger partial charge in [0.15, 0.2) is 9.84 Å². The van der Waals surface area contributed by atoms with Crippen molar-refractivity contribution >= 4 is 25.6 Å². The van der Waals surface area contributed by atoms with E-state index < -0.39 is 37.1 Å². The Morgan fingerprint density at radius 2 is 1.80 bits per heavy atom. The van der Waals surface area contributed by atoms with Gasteiger partial charge in [0.25, 0.3) is 0 Å². The topological polar surface area (TPSA) is 115 Å². The molecular formula is C11H14O7S2. The first-order valence-electron chi connectivity index (χ1n) is 5.38. The van der Waals surface area contributed by atoms with Gasteiger partial charge < -0.3 is 9.84 Å². The van der Waals surface area contributed by atoms with Crippen LogP contribution in [0.3, 0.4) is 0 Å². The van der Waals surface area contributed by atoms with Crippen LogP contribution in [0.15, 0.2) is 23.1 Å². The highest BCUT2D eigenvalue weighted by Gasteiger charge is 2.23. The number of carboxylic acid groups (broad SMARTS) is 1. The SMILES string of the molecule is COc1ccc(C(=O)O)cc1S(=O)(=O)CCS(C)(=O)=O. The molecule has 1 aromatic carbocycles. The molecule has 0 radical (unpaired) electrons. The first-order chi connectivity index (χ1) is 9.07. The quantitative estimate of drug-likeness (QED) is 0.796. The van der Waals surface area contributed by atoms with E-state index in [1.54, 1.807) is 0 Å². The second kappa shape index (κ2) is 5.80. The van der Waals surface area contributed by atoms with Crippen LogP contribution in [-0.2, 0) is 19.7 Å². The van der Waals surface area contributed by atoms with E-state index in [2.05, 4.69) is 0 Å². The Morgan fingerprint density at radius 1 is 1.20 bits per heavy atom. The largest absolute Gasteiger partial charge is 0.495 e. The molecule has 112 valence electrons. The van der Waals surface area contributed by atoms with E-state index in [1.807, 2.05) is 0 Å². The van der Waals surface area contributed by atoms with Crippen LogP contribution in [-0.4, -0.2) is 52.8 Å². The van der Waals surface area contributed by atoms with Gasteiger partial charge in [-0.15, -0.1) is 0 Å². The van der Waals surface area contributed by atoms with E-state index in [0.717, 1.165) is 12.3 Å². The molecule has 0 aliphatic carbocycles. The molecule has 0 aromatic heterocycles. The summed E-state index contributed by atoms with van der Waals surface area (Å²) in [4.78, 5) is 10.5. The maximum Gasteiger partial charge on any atom is 0.335 e. The summed E-state index contributed by atoms with van der Waals surface area (Å²) in [5, 5.41) is 8.87. The number of carbonyl (C=O) groups is 1. The number of hydrogen-bond donors (Lipinski definition) is 1. The van der Waals surface area contributed by atoms with Crippen LogP contribution in [0.1, 0.15) is 10.4 Å². The molecule has 9 heteroatoms. The summed E-state index contributed by atoms with van der Waals surface area (Å²) in [5.74, 6) is -2.49. The summed E-state index contributed by atoms with van der Waals surface area (Å²) in [6, 6.07) is 3.38. The lowest BCUT2D eigenvalue weighted by Crippen LogP contribution is -2.17. The van der Waals surface area contributed by atoms with Crippen molar-refractivity contribution in [3.05, 3.63) is 23.8 Å². The van der Waals surface area contributed by atoms with Crippen LogP contribution in [0.25, 0.3) is 0 Å². The molecule has 0 heterocycles. The zero-order valence-corrected chi connectivity index (χ0v) is 12.5. The Morgan fingerprint density at radius 3 is 2.25 bits per heavy atom. The third kappa shape index (κ3) is 4.20. The molecule has 0 atom stereocenters. The van der Waals surface area contributed by atoms with E-state index in [4.69, 9.17) is 9.84 Å². The molecule has 20 heavy (non-hydrogen) atoms. The van der Waals surface area contributed by atoms with Gasteiger partial charge in [-0.2, -0.15) is 0 Å². The molecular weight excluding hydrogens is 308 g/mol. The third-order valence-electron chi connectivity index (χ3n) is 2.47. The fraction of sp³-hybridized carbons (Fsp3) is 0.364. The Bertz CT molecular complexity index is 717. The van der Waals surface area contributed by atoms with Crippen molar-refractivity contribution in [1.29, 1.82) is 0 Å². The number of methoxy groups -OCH3 is 1. The zero-order valence-electron chi connectivity index (χ0n) is 10.9. The van der Waals surface area contributed by atoms with Gasteiger partial charge in [0.1, 0.15) is 20.5 Å². The zero-order chi connectivity index (χ0) is 15.6. The van der Waals surface area contributed by atoms with Crippen LogP contribution >= 0.6 is 0 Å². The first-order valence-corrected chi connectivity index (χ1v) is 9.10. The molecule has 1 rings (SSSR count). The molecule has 0 aliphatic rings. The predicted molar refractivity (Wildman–Crippen MR) is 71.7 cm³/mol. The highest BCUT2D eigenvalue weighted by Crippen LogP contribution is 2.26. The Labute approximate surface area is 117 Å². The van der Waals surface area contributed by atoms with Crippen LogP contribution in [0.5, 0.6) is 5.75 Å². The van der Waals surface area contributed by atoms with Crippen molar-refractivity contribution in [2.75, 3.05) is 24.9 Å². The Kier molecular flexibility index (Phi) is 4.77. The molecule has 0 unspecified atom stereocenters. The van der Waals surface area contributed by atoms with Crippen molar-refractivity contribution < 1.29 is 31.5 Å². The van der Waals surface area contributed by atoms with Gasteiger partial charge in [-0.05, 0) is 18.2 Å². The van der Waals surface area contributed by atoms with Gasteiger partial charge in [-0.25, -0.2) is 21.6 Å². The molecule has 1 aromatic rings. The standard InChI is InChI=1S/C11H14O7S2/c1-18-9-4-3-8(11(12)13)7-10(9)20(16,17)6-5-19(2,14)15/h3-4,7H,5-6H2,1-2H3,(H,12,13). The fourth-order valence-corrected chi connectivity index (χ4v) is 4.50. The minimum atomic E-state index is -3.96. The summed E-state index contributed by atoms with van der Waals surface area (Å²) in [6.07, 6.45) is 0.924. The van der Waals surface area contributed by atoms with Crippen molar-refractivity contribution in [2.24, 2.45) is 0 Å². The van der Waals surface area contributed by atoms with Gasteiger partial charge in [-0.1, -0.05) is 0 Å². The molecule has 0 fully saturated rings. The monoisotopic (exact) mass is 322 g/mol. The molecule has 7 nitrogen and oxygen atoms in total. The van der Waals surface area contributed by atoms with Gasteiger partial charge in [0, 0.05) is 6.26 Å². The summed E-state index contributed by atoms with van der Waals surface area (Å²) < 4.78 is 51.2. The van der Waals surface area contributed by atoms with E-state index >= 15 is 0 Å². The lowest BCUT2D eigenvalue weighted by Gasteiger charge is -2.10. The highest BCUT2D eigenvalue weighted by atomic mass is 32.2. The van der Waals surface area contributed by atoms with Gasteiger partial charge in [-0.3, -0.25) is 0 Å². The molecule has 0 aliphatic heterocycles. The molecule has 1 N–H and O–H groups in total. The van der Waals surface area contributed by atoms with Gasteiger partial charge in [0.05, 0.1) is 24.2 Å². The molecule has 0 saturated carbocycles.